The van der Waals surface area contributed by atoms with Gasteiger partial charge in [0.15, 0.2) is 5.69 Å². The molecule has 2 N–H and O–H groups in total. The van der Waals surface area contributed by atoms with Gasteiger partial charge in [0, 0.05) is 25.2 Å². The molecule has 0 unspecified atom stereocenters. The zero-order valence-corrected chi connectivity index (χ0v) is 19.7. The van der Waals surface area contributed by atoms with Crippen LogP contribution in [0.15, 0.2) is 6.07 Å². The standard InChI is InChI=1S/C24H37N5O3/c1-16-10-12-18(13-11-16)25-21(30)19-14-20-22(31)28(3)24(2,15-29(20)27-19)23(32)26-17-8-6-4-5-7-9-17/h14,16-18H,4-13,15H2,1-3H3,(H,25,30)(H,26,32)/t16?,18?,24-/m1/s1. The maximum Gasteiger partial charge on any atom is 0.272 e. The molecule has 1 atom stereocenters. The molecule has 1 aromatic rings. The summed E-state index contributed by atoms with van der Waals surface area (Å²) in [6.45, 7) is 4.26. The van der Waals surface area contributed by atoms with E-state index in [1.807, 2.05) is 0 Å². The number of hydrogen-bond acceptors (Lipinski definition) is 4. The maximum absolute atomic E-state index is 13.3. The predicted octanol–water partition coefficient (Wildman–Crippen LogP) is 2.87. The van der Waals surface area contributed by atoms with Crippen molar-refractivity contribution in [2.75, 3.05) is 7.05 Å². The van der Waals surface area contributed by atoms with Gasteiger partial charge in [-0.3, -0.25) is 19.1 Å². The first-order valence-electron chi connectivity index (χ1n) is 12.3. The van der Waals surface area contributed by atoms with Crippen LogP contribution < -0.4 is 10.6 Å². The molecule has 176 valence electrons. The molecular weight excluding hydrogens is 406 g/mol. The average molecular weight is 444 g/mol. The van der Waals surface area contributed by atoms with Crippen molar-refractivity contribution >= 4 is 17.7 Å². The van der Waals surface area contributed by atoms with Gasteiger partial charge in [-0.1, -0.05) is 32.6 Å². The molecule has 0 bridgehead atoms. The first kappa shape index (κ1) is 22.8. The van der Waals surface area contributed by atoms with E-state index in [1.54, 1.807) is 20.0 Å². The number of amides is 3. The summed E-state index contributed by atoms with van der Waals surface area (Å²) < 4.78 is 1.53. The lowest BCUT2D eigenvalue weighted by molar-refractivity contribution is -0.133. The van der Waals surface area contributed by atoms with Gasteiger partial charge in [-0.15, -0.1) is 0 Å². The third-order valence-corrected chi connectivity index (χ3v) is 7.76. The van der Waals surface area contributed by atoms with Crippen molar-refractivity contribution in [3.63, 3.8) is 0 Å². The van der Waals surface area contributed by atoms with Crippen molar-refractivity contribution in [1.29, 1.82) is 0 Å². The van der Waals surface area contributed by atoms with Crippen LogP contribution in [0.4, 0.5) is 0 Å². The second kappa shape index (κ2) is 9.24. The number of likely N-dealkylation sites (N-methyl/N-ethyl adjacent to an activating group) is 1. The van der Waals surface area contributed by atoms with E-state index in [2.05, 4.69) is 22.7 Å². The van der Waals surface area contributed by atoms with Gasteiger partial charge in [0.1, 0.15) is 11.2 Å². The second-order valence-electron chi connectivity index (χ2n) is 10.3. The van der Waals surface area contributed by atoms with Gasteiger partial charge in [0.25, 0.3) is 11.8 Å². The number of rotatable bonds is 4. The van der Waals surface area contributed by atoms with E-state index in [9.17, 15) is 14.4 Å². The van der Waals surface area contributed by atoms with Crippen LogP contribution >= 0.6 is 0 Å². The van der Waals surface area contributed by atoms with Gasteiger partial charge >= 0.3 is 0 Å². The van der Waals surface area contributed by atoms with Crippen LogP contribution in [-0.4, -0.2) is 57.1 Å². The molecule has 0 spiro atoms. The highest BCUT2D eigenvalue weighted by atomic mass is 16.2. The predicted molar refractivity (Wildman–Crippen MR) is 121 cm³/mol. The van der Waals surface area contributed by atoms with Crippen LogP contribution in [0.2, 0.25) is 0 Å². The van der Waals surface area contributed by atoms with E-state index in [0.29, 0.717) is 11.6 Å². The Hall–Kier alpha value is -2.38. The van der Waals surface area contributed by atoms with Crippen molar-refractivity contribution in [2.24, 2.45) is 5.92 Å². The quantitative estimate of drug-likeness (QED) is 0.700. The molecule has 0 aromatic carbocycles. The second-order valence-corrected chi connectivity index (χ2v) is 10.3. The summed E-state index contributed by atoms with van der Waals surface area (Å²) in [6, 6.07) is 1.87. The number of nitrogens with zero attached hydrogens (tertiary/aromatic N) is 3. The molecule has 2 saturated carbocycles. The van der Waals surface area contributed by atoms with Crippen LogP contribution in [-0.2, 0) is 11.3 Å². The molecule has 4 rings (SSSR count). The van der Waals surface area contributed by atoms with Crippen molar-refractivity contribution < 1.29 is 14.4 Å². The molecule has 32 heavy (non-hydrogen) atoms. The molecule has 2 heterocycles. The lowest BCUT2D eigenvalue weighted by atomic mass is 9.87. The van der Waals surface area contributed by atoms with Crippen LogP contribution in [0.1, 0.15) is 99.0 Å². The van der Waals surface area contributed by atoms with E-state index in [-0.39, 0.29) is 42.0 Å². The molecular formula is C24H37N5O3. The highest BCUT2D eigenvalue weighted by Gasteiger charge is 2.46. The minimum Gasteiger partial charge on any atom is -0.351 e. The minimum atomic E-state index is -1.05. The summed E-state index contributed by atoms with van der Waals surface area (Å²) in [5.74, 6) is 0.0288. The fraction of sp³-hybridized carbons (Fsp3) is 0.750. The Balaban J connectivity index is 1.46. The molecule has 3 aliphatic rings. The summed E-state index contributed by atoms with van der Waals surface area (Å²) in [5.41, 5.74) is -0.446. The molecule has 1 aromatic heterocycles. The summed E-state index contributed by atoms with van der Waals surface area (Å²) in [6.07, 6.45) is 10.8. The molecule has 1 aliphatic heterocycles. The zero-order valence-electron chi connectivity index (χ0n) is 19.7. The molecule has 2 fully saturated rings. The van der Waals surface area contributed by atoms with Gasteiger partial charge in [-0.2, -0.15) is 5.10 Å². The van der Waals surface area contributed by atoms with E-state index in [0.717, 1.165) is 51.4 Å². The lowest BCUT2D eigenvalue weighted by Crippen LogP contribution is -2.63. The molecule has 0 saturated heterocycles. The Kier molecular flexibility index (Phi) is 6.58. The molecule has 8 heteroatoms. The summed E-state index contributed by atoms with van der Waals surface area (Å²) >= 11 is 0. The van der Waals surface area contributed by atoms with Crippen LogP contribution in [0, 0.1) is 5.92 Å². The number of carbonyl (C=O) groups excluding carboxylic acids is 3. The number of fused-ring (bicyclic) bond motifs is 1. The number of carbonyl (C=O) groups is 3. The summed E-state index contributed by atoms with van der Waals surface area (Å²) in [4.78, 5) is 40.7. The zero-order chi connectivity index (χ0) is 22.9. The fourth-order valence-electron chi connectivity index (χ4n) is 5.27. The molecule has 2 aliphatic carbocycles. The van der Waals surface area contributed by atoms with Crippen molar-refractivity contribution in [2.45, 2.75) is 102 Å². The Morgan fingerprint density at radius 1 is 1.00 bits per heavy atom. The summed E-state index contributed by atoms with van der Waals surface area (Å²) in [5, 5.41) is 10.7. The Morgan fingerprint density at radius 3 is 2.28 bits per heavy atom. The Labute approximate surface area is 190 Å². The first-order chi connectivity index (χ1) is 15.3. The Morgan fingerprint density at radius 2 is 1.62 bits per heavy atom. The van der Waals surface area contributed by atoms with E-state index >= 15 is 0 Å². The lowest BCUT2D eigenvalue weighted by Gasteiger charge is -2.41. The first-order valence-corrected chi connectivity index (χ1v) is 12.3. The van der Waals surface area contributed by atoms with Crippen LogP contribution in [0.3, 0.4) is 0 Å². The Bertz CT molecular complexity index is 865. The largest absolute Gasteiger partial charge is 0.351 e. The van der Waals surface area contributed by atoms with E-state index < -0.39 is 5.54 Å². The highest BCUT2D eigenvalue weighted by Crippen LogP contribution is 2.28. The van der Waals surface area contributed by atoms with E-state index in [1.165, 1.54) is 22.4 Å². The number of nitrogens with one attached hydrogen (secondary N) is 2. The smallest absolute Gasteiger partial charge is 0.272 e. The van der Waals surface area contributed by atoms with Gasteiger partial charge in [-0.05, 0) is 51.4 Å². The minimum absolute atomic E-state index is 0.149. The fourth-order valence-corrected chi connectivity index (χ4v) is 5.27. The van der Waals surface area contributed by atoms with Crippen molar-refractivity contribution in [1.82, 2.24) is 25.3 Å². The SMILES string of the molecule is CC1CCC(NC(=O)c2cc3n(n2)C[C@](C)(C(=O)NC2CCCCCC2)N(C)C3=O)CC1. The summed E-state index contributed by atoms with van der Waals surface area (Å²) in [7, 11) is 1.66. The number of hydrogen-bond donors (Lipinski definition) is 2. The van der Waals surface area contributed by atoms with Crippen molar-refractivity contribution in [3.05, 3.63) is 17.5 Å². The van der Waals surface area contributed by atoms with Gasteiger partial charge < -0.3 is 15.5 Å². The maximum atomic E-state index is 13.3. The normalized spacial score (nSPS) is 29.2. The van der Waals surface area contributed by atoms with Gasteiger partial charge in [0.2, 0.25) is 5.91 Å². The van der Waals surface area contributed by atoms with Crippen LogP contribution in [0.25, 0.3) is 0 Å². The van der Waals surface area contributed by atoms with Crippen molar-refractivity contribution in [3.8, 4) is 0 Å². The molecule has 3 amide bonds. The highest BCUT2D eigenvalue weighted by molar-refractivity contribution is 6.01. The van der Waals surface area contributed by atoms with Gasteiger partial charge in [-0.25, -0.2) is 0 Å². The third-order valence-electron chi connectivity index (χ3n) is 7.76. The molecule has 8 nitrogen and oxygen atoms in total. The third kappa shape index (κ3) is 4.55. The number of aromatic nitrogens is 2. The molecule has 0 radical (unpaired) electrons. The topological polar surface area (TPSA) is 96.3 Å². The average Bonchev–Trinajstić information content (AvgIpc) is 3.02. The van der Waals surface area contributed by atoms with Crippen LogP contribution in [0.5, 0.6) is 0 Å². The van der Waals surface area contributed by atoms with Gasteiger partial charge in [0.05, 0.1) is 6.54 Å². The monoisotopic (exact) mass is 443 g/mol. The van der Waals surface area contributed by atoms with E-state index in [4.69, 9.17) is 0 Å².